The van der Waals surface area contributed by atoms with Gasteiger partial charge in [0.2, 0.25) is 5.91 Å². The molecule has 1 aromatic heterocycles. The molecule has 8 nitrogen and oxygen atoms in total. The maximum absolute atomic E-state index is 14.9. The number of amides is 1. The van der Waals surface area contributed by atoms with Crippen LogP contribution >= 0.6 is 11.3 Å². The van der Waals surface area contributed by atoms with Gasteiger partial charge in [0.15, 0.2) is 17.3 Å². The Balaban J connectivity index is 1.16. The lowest BCUT2D eigenvalue weighted by Gasteiger charge is -2.71. The Bertz CT molecular complexity index is 2010. The van der Waals surface area contributed by atoms with Gasteiger partial charge in [-0.3, -0.25) is 9.59 Å². The molecule has 9 heteroatoms. The third-order valence-corrected chi connectivity index (χ3v) is 16.1. The van der Waals surface area contributed by atoms with Crippen molar-refractivity contribution in [3.05, 3.63) is 99.8 Å². The number of thiophene rings is 1. The lowest BCUT2D eigenvalue weighted by atomic mass is 9.32. The highest BCUT2D eigenvalue weighted by atomic mass is 32.1. The number of ketones is 1. The minimum Gasteiger partial charge on any atom is -0.497 e. The minimum atomic E-state index is -1.17. The Morgan fingerprint density at radius 2 is 1.60 bits per heavy atom. The molecule has 8 atom stereocenters. The van der Waals surface area contributed by atoms with Crippen LogP contribution in [0.15, 0.2) is 83.8 Å². The molecule has 9 rings (SSSR count). The summed E-state index contributed by atoms with van der Waals surface area (Å²) in [7, 11) is 4.81. The van der Waals surface area contributed by atoms with Crippen LogP contribution in [0.25, 0.3) is 0 Å². The van der Waals surface area contributed by atoms with Gasteiger partial charge in [0.25, 0.3) is 0 Å². The van der Waals surface area contributed by atoms with Crippen molar-refractivity contribution in [3.63, 3.8) is 0 Å². The first-order valence-electron chi connectivity index (χ1n) is 19.9. The molecule has 292 valence electrons. The van der Waals surface area contributed by atoms with Crippen molar-refractivity contribution in [2.45, 2.75) is 83.3 Å². The van der Waals surface area contributed by atoms with Crippen LogP contribution in [0.1, 0.15) is 79.6 Å². The normalized spacial score (nSPS) is 34.2. The maximum atomic E-state index is 14.9. The summed E-state index contributed by atoms with van der Waals surface area (Å²) in [6.45, 7) is 5.35. The van der Waals surface area contributed by atoms with E-state index < -0.39 is 27.9 Å². The molecule has 3 aromatic rings. The van der Waals surface area contributed by atoms with E-state index in [9.17, 15) is 19.8 Å². The molecule has 0 saturated heterocycles. The monoisotopic (exact) mass is 765 g/mol. The topological polar surface area (TPSA) is 106 Å². The molecule has 6 aliphatic carbocycles. The van der Waals surface area contributed by atoms with Crippen LogP contribution in [-0.4, -0.2) is 72.9 Å². The SMILES string of the molecule is COc1ccc(C(=O)C2=CC34C=CC25C(CCC2(C)C5CCC2(O)CN(CCc2cccs2)C(=O)Cc2ccc(OC)c(OC)c2)C3(C)CCC(O)C4)cc1. The van der Waals surface area contributed by atoms with Crippen LogP contribution in [0.4, 0.5) is 0 Å². The Kier molecular flexibility index (Phi) is 9.61. The molecular weight excluding hydrogens is 711 g/mol. The number of methoxy groups -OCH3 is 3. The number of ether oxygens (including phenoxy) is 3. The zero-order chi connectivity index (χ0) is 38.8. The van der Waals surface area contributed by atoms with E-state index in [0.29, 0.717) is 48.6 Å². The number of nitrogens with zero attached hydrogens (tertiary/aromatic N) is 1. The third-order valence-electron chi connectivity index (χ3n) is 15.1. The van der Waals surface area contributed by atoms with Crippen LogP contribution in [0.3, 0.4) is 0 Å². The number of carbonyl (C=O) groups excluding carboxylic acids is 2. The second kappa shape index (κ2) is 13.9. The van der Waals surface area contributed by atoms with E-state index in [2.05, 4.69) is 43.5 Å². The van der Waals surface area contributed by atoms with Crippen LogP contribution in [0.5, 0.6) is 17.2 Å². The molecule has 55 heavy (non-hydrogen) atoms. The first kappa shape index (κ1) is 38.0. The summed E-state index contributed by atoms with van der Waals surface area (Å²) in [5.41, 5.74) is -0.605. The largest absolute Gasteiger partial charge is 0.497 e. The number of hydrogen-bond donors (Lipinski definition) is 2. The van der Waals surface area contributed by atoms with Crippen LogP contribution < -0.4 is 14.2 Å². The van der Waals surface area contributed by atoms with Crippen molar-refractivity contribution in [3.8, 4) is 17.2 Å². The molecule has 0 radical (unpaired) electrons. The van der Waals surface area contributed by atoms with E-state index in [0.717, 1.165) is 43.2 Å². The van der Waals surface area contributed by atoms with E-state index in [4.69, 9.17) is 14.2 Å². The summed E-state index contributed by atoms with van der Waals surface area (Å²) in [4.78, 5) is 32.4. The van der Waals surface area contributed by atoms with Gasteiger partial charge in [0, 0.05) is 45.3 Å². The van der Waals surface area contributed by atoms with E-state index in [1.807, 2.05) is 53.4 Å². The predicted molar refractivity (Wildman–Crippen MR) is 214 cm³/mol. The highest BCUT2D eigenvalue weighted by Gasteiger charge is 2.74. The summed E-state index contributed by atoms with van der Waals surface area (Å²) in [6.07, 6.45) is 12.6. The first-order valence-corrected chi connectivity index (χ1v) is 20.8. The molecule has 2 bridgehead atoms. The zero-order valence-electron chi connectivity index (χ0n) is 32.8. The quantitative estimate of drug-likeness (QED) is 0.143. The summed E-state index contributed by atoms with van der Waals surface area (Å²) < 4.78 is 16.4. The van der Waals surface area contributed by atoms with Crippen molar-refractivity contribution in [2.75, 3.05) is 34.4 Å². The van der Waals surface area contributed by atoms with Crippen molar-refractivity contribution in [1.29, 1.82) is 0 Å². The Morgan fingerprint density at radius 1 is 0.873 bits per heavy atom. The number of benzene rings is 2. The third kappa shape index (κ3) is 5.82. The molecule has 1 heterocycles. The highest BCUT2D eigenvalue weighted by molar-refractivity contribution is 7.09. The van der Waals surface area contributed by atoms with Crippen molar-refractivity contribution < 1.29 is 34.0 Å². The number of hydrogen-bond acceptors (Lipinski definition) is 8. The fourth-order valence-corrected chi connectivity index (χ4v) is 12.8. The molecule has 8 unspecified atom stereocenters. The number of aliphatic hydroxyl groups excluding tert-OH is 1. The number of fused-ring (bicyclic) bond motifs is 1. The Labute approximate surface area is 329 Å². The van der Waals surface area contributed by atoms with Crippen molar-refractivity contribution in [1.82, 2.24) is 4.90 Å². The predicted octanol–water partition coefficient (Wildman–Crippen LogP) is 7.86. The fraction of sp³-hybridized carbons (Fsp3) is 0.522. The highest BCUT2D eigenvalue weighted by Crippen LogP contribution is 2.78. The number of Topliss-reactive ketones (excluding diaryl/α,β-unsaturated/α-hetero) is 1. The zero-order valence-corrected chi connectivity index (χ0v) is 33.6. The van der Waals surface area contributed by atoms with Gasteiger partial charge in [0.05, 0.1) is 39.5 Å². The number of aliphatic hydroxyl groups is 2. The average molecular weight is 766 g/mol. The number of allylic oxidation sites excluding steroid dienone is 4. The van der Waals surface area contributed by atoms with E-state index in [-0.39, 0.29) is 41.9 Å². The summed E-state index contributed by atoms with van der Waals surface area (Å²) >= 11 is 1.68. The Morgan fingerprint density at radius 3 is 2.31 bits per heavy atom. The van der Waals surface area contributed by atoms with Gasteiger partial charge < -0.3 is 29.3 Å². The van der Waals surface area contributed by atoms with Gasteiger partial charge >= 0.3 is 0 Å². The minimum absolute atomic E-state index is 0.0147. The number of carbonyl (C=O) groups is 2. The molecule has 0 aliphatic heterocycles. The van der Waals surface area contributed by atoms with Crippen LogP contribution in [0.2, 0.25) is 0 Å². The van der Waals surface area contributed by atoms with Gasteiger partial charge in [-0.15, -0.1) is 11.3 Å². The molecule has 1 amide bonds. The Hall–Kier alpha value is -3.92. The molecule has 2 spiro atoms. The number of rotatable bonds is 12. The fourth-order valence-electron chi connectivity index (χ4n) is 12.1. The summed E-state index contributed by atoms with van der Waals surface area (Å²) in [6, 6.07) is 17.1. The van der Waals surface area contributed by atoms with Gasteiger partial charge in [-0.25, -0.2) is 0 Å². The van der Waals surface area contributed by atoms with Gasteiger partial charge in [0.1, 0.15) is 5.75 Å². The molecule has 3 fully saturated rings. The van der Waals surface area contributed by atoms with Crippen LogP contribution in [-0.2, 0) is 17.6 Å². The average Bonchev–Trinajstić information content (AvgIpc) is 3.81. The van der Waals surface area contributed by atoms with Crippen molar-refractivity contribution >= 4 is 23.0 Å². The maximum Gasteiger partial charge on any atom is 0.227 e. The van der Waals surface area contributed by atoms with E-state index >= 15 is 0 Å². The van der Waals surface area contributed by atoms with E-state index in [1.54, 1.807) is 32.7 Å². The van der Waals surface area contributed by atoms with Gasteiger partial charge in [-0.1, -0.05) is 44.2 Å². The summed E-state index contributed by atoms with van der Waals surface area (Å²) in [5, 5.41) is 26.3. The molecular formula is C46H55NO7S. The van der Waals surface area contributed by atoms with Gasteiger partial charge in [-0.2, -0.15) is 0 Å². The molecule has 2 aromatic carbocycles. The van der Waals surface area contributed by atoms with Crippen LogP contribution in [0, 0.1) is 33.5 Å². The summed E-state index contributed by atoms with van der Waals surface area (Å²) in [5.74, 6) is 2.02. The second-order valence-corrected chi connectivity index (χ2v) is 18.4. The molecule has 3 saturated carbocycles. The lowest BCUT2D eigenvalue weighted by molar-refractivity contribution is -0.178. The van der Waals surface area contributed by atoms with Gasteiger partial charge in [-0.05, 0) is 122 Å². The second-order valence-electron chi connectivity index (χ2n) is 17.4. The van der Waals surface area contributed by atoms with E-state index in [1.165, 1.54) is 4.88 Å². The molecule has 6 aliphatic rings. The first-order chi connectivity index (χ1) is 26.3. The standard InChI is InChI=1S/C46H55NO7S/c1-42-18-14-32(48)27-44(42)21-22-46(35(28-44)41(50)31-9-11-33(52-3)12-10-31)38(42)15-19-43(2)39(46)16-20-45(43,51)29-47(23-17-34-7-6-24-55-34)40(49)26-30-8-13-36(53-4)37(25-30)54-5/h6-13,21-22,24-25,28,32,38-39,48,51H,14-20,23,26-27,29H2,1-5H3. The smallest absolute Gasteiger partial charge is 0.227 e. The molecule has 2 N–H and O–H groups in total. The van der Waals surface area contributed by atoms with Crippen molar-refractivity contribution in [2.24, 2.45) is 33.5 Å². The lowest BCUT2D eigenvalue weighted by Crippen LogP contribution is -2.67.